The fourth-order valence-electron chi connectivity index (χ4n) is 1.50. The molecule has 3 N–H and O–H groups in total. The molecule has 0 aromatic heterocycles. The van der Waals surface area contributed by atoms with E-state index in [9.17, 15) is 13.5 Å². The first-order valence-corrected chi connectivity index (χ1v) is 6.23. The van der Waals surface area contributed by atoms with Gasteiger partial charge in [0, 0.05) is 19.6 Å². The molecule has 0 aromatic carbocycles. The molecule has 5 nitrogen and oxygen atoms in total. The Morgan fingerprint density at radius 3 is 2.50 bits per heavy atom. The molecular weight excluding hydrogens is 204 g/mol. The van der Waals surface area contributed by atoms with Crippen molar-refractivity contribution in [3.05, 3.63) is 0 Å². The topological polar surface area (TPSA) is 83.6 Å². The second-order valence-corrected chi connectivity index (χ2v) is 6.59. The summed E-state index contributed by atoms with van der Waals surface area (Å²) < 4.78 is 24.7. The molecule has 84 valence electrons. The lowest BCUT2D eigenvalue weighted by Gasteiger charge is -2.22. The molecule has 1 rings (SSSR count). The van der Waals surface area contributed by atoms with Crippen LogP contribution in [0.5, 0.6) is 0 Å². The third kappa shape index (κ3) is 2.08. The summed E-state index contributed by atoms with van der Waals surface area (Å²) in [5.74, 6) is 0. The van der Waals surface area contributed by atoms with Crippen molar-refractivity contribution in [2.24, 2.45) is 5.73 Å². The van der Waals surface area contributed by atoms with Crippen molar-refractivity contribution in [2.75, 3.05) is 19.6 Å². The van der Waals surface area contributed by atoms with Crippen LogP contribution in [0, 0.1) is 0 Å². The zero-order valence-corrected chi connectivity index (χ0v) is 9.42. The van der Waals surface area contributed by atoms with Crippen LogP contribution in [-0.2, 0) is 10.0 Å². The maximum Gasteiger partial charge on any atom is 0.216 e. The number of nitrogens with two attached hydrogens (primary N) is 1. The van der Waals surface area contributed by atoms with E-state index in [1.54, 1.807) is 13.8 Å². The van der Waals surface area contributed by atoms with Crippen LogP contribution in [0.25, 0.3) is 0 Å². The molecule has 14 heavy (non-hydrogen) atoms. The van der Waals surface area contributed by atoms with Crippen LogP contribution < -0.4 is 5.73 Å². The number of hydrogen-bond acceptors (Lipinski definition) is 4. The van der Waals surface area contributed by atoms with Gasteiger partial charge in [-0.25, -0.2) is 8.42 Å². The van der Waals surface area contributed by atoms with Gasteiger partial charge in [-0.2, -0.15) is 4.31 Å². The largest absolute Gasteiger partial charge is 0.387 e. The van der Waals surface area contributed by atoms with Gasteiger partial charge in [-0.05, 0) is 20.3 Å². The van der Waals surface area contributed by atoms with Crippen LogP contribution >= 0.6 is 0 Å². The van der Waals surface area contributed by atoms with Crippen LogP contribution in [0.15, 0.2) is 0 Å². The maximum atomic E-state index is 11.7. The summed E-state index contributed by atoms with van der Waals surface area (Å²) in [7, 11) is -3.24. The van der Waals surface area contributed by atoms with Gasteiger partial charge in [0.25, 0.3) is 0 Å². The predicted molar refractivity (Wildman–Crippen MR) is 54.3 cm³/mol. The van der Waals surface area contributed by atoms with Gasteiger partial charge in [0.2, 0.25) is 10.0 Å². The van der Waals surface area contributed by atoms with E-state index in [0.29, 0.717) is 13.0 Å². The van der Waals surface area contributed by atoms with E-state index in [1.807, 2.05) is 0 Å². The van der Waals surface area contributed by atoms with Gasteiger partial charge in [0.1, 0.15) is 0 Å². The summed E-state index contributed by atoms with van der Waals surface area (Å²) in [5.41, 5.74) is 4.35. The molecule has 1 aliphatic rings. The number of rotatable bonds is 3. The van der Waals surface area contributed by atoms with Gasteiger partial charge in [-0.15, -0.1) is 0 Å². The molecule has 1 saturated heterocycles. The number of aliphatic hydroxyl groups is 1. The SMILES string of the molecule is CC(C)S(=O)(=O)N1CCC(O)(CN)C1. The van der Waals surface area contributed by atoms with Gasteiger partial charge in [-0.1, -0.05) is 0 Å². The first-order valence-electron chi connectivity index (χ1n) is 4.73. The van der Waals surface area contributed by atoms with Crippen molar-refractivity contribution in [1.82, 2.24) is 4.31 Å². The molecule has 6 heteroatoms. The van der Waals surface area contributed by atoms with E-state index in [1.165, 1.54) is 4.31 Å². The van der Waals surface area contributed by atoms with Crippen LogP contribution in [0.2, 0.25) is 0 Å². The zero-order chi connectivity index (χ0) is 11.0. The third-order valence-corrected chi connectivity index (χ3v) is 4.86. The first-order chi connectivity index (χ1) is 6.32. The minimum Gasteiger partial charge on any atom is -0.387 e. The molecule has 1 aliphatic heterocycles. The van der Waals surface area contributed by atoms with Crippen molar-refractivity contribution >= 4 is 10.0 Å². The summed E-state index contributed by atoms with van der Waals surface area (Å²) in [4.78, 5) is 0. The Morgan fingerprint density at radius 2 is 2.14 bits per heavy atom. The van der Waals surface area contributed by atoms with E-state index in [2.05, 4.69) is 0 Å². The fourth-order valence-corrected chi connectivity index (χ4v) is 2.86. The highest BCUT2D eigenvalue weighted by Gasteiger charge is 2.40. The second kappa shape index (κ2) is 3.77. The summed E-state index contributed by atoms with van der Waals surface area (Å²) in [6, 6.07) is 0. The van der Waals surface area contributed by atoms with E-state index in [-0.39, 0.29) is 13.1 Å². The summed E-state index contributed by atoms with van der Waals surface area (Å²) in [5, 5.41) is 9.34. The normalized spacial score (nSPS) is 30.1. The fraction of sp³-hybridized carbons (Fsp3) is 1.00. The predicted octanol–water partition coefficient (Wildman–Crippen LogP) is -0.880. The molecular formula is C8H18N2O3S. The van der Waals surface area contributed by atoms with Crippen LogP contribution in [0.4, 0.5) is 0 Å². The lowest BCUT2D eigenvalue weighted by Crippen LogP contribution is -2.43. The Labute approximate surface area is 84.9 Å². The summed E-state index contributed by atoms with van der Waals surface area (Å²) in [6.07, 6.45) is 0.426. The Morgan fingerprint density at radius 1 is 1.57 bits per heavy atom. The number of hydrogen-bond donors (Lipinski definition) is 2. The van der Waals surface area contributed by atoms with Crippen LogP contribution in [-0.4, -0.2) is 48.3 Å². The minimum absolute atomic E-state index is 0.108. The van der Waals surface area contributed by atoms with Gasteiger partial charge < -0.3 is 10.8 Å². The minimum atomic E-state index is -3.24. The molecule has 0 aliphatic carbocycles. The molecule has 0 amide bonds. The third-order valence-electron chi connectivity index (χ3n) is 2.63. The highest BCUT2D eigenvalue weighted by Crippen LogP contribution is 2.24. The van der Waals surface area contributed by atoms with E-state index < -0.39 is 20.9 Å². The second-order valence-electron chi connectivity index (χ2n) is 4.11. The molecule has 0 aromatic rings. The molecule has 1 unspecified atom stereocenters. The maximum absolute atomic E-state index is 11.7. The molecule has 1 atom stereocenters. The molecule has 1 heterocycles. The standard InChI is InChI=1S/C8H18N2O3S/c1-7(2)14(12,13)10-4-3-8(11,5-9)6-10/h7,11H,3-6,9H2,1-2H3. The summed E-state index contributed by atoms with van der Waals surface area (Å²) in [6.45, 7) is 3.87. The van der Waals surface area contributed by atoms with Gasteiger partial charge in [0.05, 0.1) is 10.9 Å². The van der Waals surface area contributed by atoms with E-state index in [4.69, 9.17) is 5.73 Å². The lowest BCUT2D eigenvalue weighted by atomic mass is 10.1. The first kappa shape index (κ1) is 11.9. The molecule has 0 saturated carbocycles. The molecule has 1 fully saturated rings. The van der Waals surface area contributed by atoms with Crippen molar-refractivity contribution in [1.29, 1.82) is 0 Å². The Bertz CT molecular complexity index is 302. The van der Waals surface area contributed by atoms with Gasteiger partial charge in [-0.3, -0.25) is 0 Å². The summed E-state index contributed by atoms with van der Waals surface area (Å²) >= 11 is 0. The molecule has 0 radical (unpaired) electrons. The van der Waals surface area contributed by atoms with E-state index >= 15 is 0 Å². The average molecular weight is 222 g/mol. The van der Waals surface area contributed by atoms with Crippen molar-refractivity contribution in [3.8, 4) is 0 Å². The Hall–Kier alpha value is -0.170. The number of β-amino-alcohol motifs (C(OH)–C–C–N with tert-alkyl or cyclic N) is 1. The highest BCUT2D eigenvalue weighted by molar-refractivity contribution is 7.89. The van der Waals surface area contributed by atoms with Gasteiger partial charge >= 0.3 is 0 Å². The van der Waals surface area contributed by atoms with E-state index in [0.717, 1.165) is 0 Å². The monoisotopic (exact) mass is 222 g/mol. The smallest absolute Gasteiger partial charge is 0.216 e. The van der Waals surface area contributed by atoms with Crippen LogP contribution in [0.3, 0.4) is 0 Å². The van der Waals surface area contributed by atoms with Crippen molar-refractivity contribution in [3.63, 3.8) is 0 Å². The molecule has 0 bridgehead atoms. The van der Waals surface area contributed by atoms with Crippen molar-refractivity contribution in [2.45, 2.75) is 31.1 Å². The molecule has 0 spiro atoms. The lowest BCUT2D eigenvalue weighted by molar-refractivity contribution is 0.0651. The van der Waals surface area contributed by atoms with Crippen LogP contribution in [0.1, 0.15) is 20.3 Å². The zero-order valence-electron chi connectivity index (χ0n) is 8.60. The quantitative estimate of drug-likeness (QED) is 0.649. The van der Waals surface area contributed by atoms with Crippen molar-refractivity contribution < 1.29 is 13.5 Å². The van der Waals surface area contributed by atoms with Gasteiger partial charge in [0.15, 0.2) is 0 Å². The number of nitrogens with zero attached hydrogens (tertiary/aromatic N) is 1. The highest BCUT2D eigenvalue weighted by atomic mass is 32.2. The Kier molecular flexibility index (Phi) is 3.20. The number of sulfonamides is 1. The Balaban J connectivity index is 2.77. The average Bonchev–Trinajstić information content (AvgIpc) is 2.49.